The Labute approximate surface area is 128 Å². The molecule has 0 saturated heterocycles. The zero-order valence-electron chi connectivity index (χ0n) is 9.67. The van der Waals surface area contributed by atoms with Crippen LogP contribution in [0.2, 0.25) is 0 Å². The fraction of sp³-hybridized carbons (Fsp3) is 0.385. The molecule has 0 spiro atoms. The van der Waals surface area contributed by atoms with Gasteiger partial charge in [-0.1, -0.05) is 12.8 Å². The Balaban J connectivity index is 2.16. The van der Waals surface area contributed by atoms with Crippen LogP contribution in [0.3, 0.4) is 0 Å². The maximum absolute atomic E-state index is 12.2. The lowest BCUT2D eigenvalue weighted by Gasteiger charge is -2.19. The third kappa shape index (κ3) is 2.69. The number of benzene rings is 1. The average molecular weight is 419 g/mol. The van der Waals surface area contributed by atoms with E-state index in [1.165, 1.54) is 0 Å². The first-order chi connectivity index (χ1) is 8.57. The summed E-state index contributed by atoms with van der Waals surface area (Å²) in [6.07, 6.45) is 3.25. The predicted octanol–water partition coefficient (Wildman–Crippen LogP) is 4.08. The summed E-state index contributed by atoms with van der Waals surface area (Å²) >= 11 is 5.64. The van der Waals surface area contributed by atoms with E-state index in [1.807, 2.05) is 18.2 Å². The van der Waals surface area contributed by atoms with Crippen LogP contribution in [-0.2, 0) is 4.79 Å². The zero-order valence-corrected chi connectivity index (χ0v) is 13.4. The molecule has 0 unspecified atom stereocenters. The molecule has 5 heteroatoms. The van der Waals surface area contributed by atoms with Crippen LogP contribution in [0, 0.1) is 20.3 Å². The van der Waals surface area contributed by atoms with E-state index in [0.29, 0.717) is 12.8 Å². The van der Waals surface area contributed by atoms with Crippen LogP contribution in [0.5, 0.6) is 0 Å². The predicted molar refractivity (Wildman–Crippen MR) is 82.0 cm³/mol. The monoisotopic (exact) mass is 418 g/mol. The van der Waals surface area contributed by atoms with Gasteiger partial charge in [0.1, 0.15) is 5.41 Å². The number of amides is 1. The minimum absolute atomic E-state index is 0.171. The lowest BCUT2D eigenvalue weighted by atomic mass is 9.87. The van der Waals surface area contributed by atoms with Crippen molar-refractivity contribution in [2.24, 2.45) is 5.41 Å². The van der Waals surface area contributed by atoms with Crippen molar-refractivity contribution >= 4 is 50.1 Å². The molecule has 1 N–H and O–H groups in total. The molecular formula is C13H12BrIN2O. The number of nitrogens with zero attached hydrogens (tertiary/aromatic N) is 1. The highest BCUT2D eigenvalue weighted by molar-refractivity contribution is 14.1. The van der Waals surface area contributed by atoms with Gasteiger partial charge in [0.05, 0.1) is 6.07 Å². The van der Waals surface area contributed by atoms with Crippen molar-refractivity contribution < 1.29 is 4.79 Å². The molecule has 1 aromatic carbocycles. The molecule has 1 amide bonds. The summed E-state index contributed by atoms with van der Waals surface area (Å²) in [6, 6.07) is 7.84. The topological polar surface area (TPSA) is 52.9 Å². The number of carbonyl (C=O) groups excluding carboxylic acids is 1. The summed E-state index contributed by atoms with van der Waals surface area (Å²) in [7, 11) is 0. The molecule has 0 aromatic heterocycles. The molecule has 0 aliphatic heterocycles. The molecule has 18 heavy (non-hydrogen) atoms. The summed E-state index contributed by atoms with van der Waals surface area (Å²) in [5.74, 6) is -0.171. The second-order valence-corrected chi connectivity index (χ2v) is 6.50. The van der Waals surface area contributed by atoms with Crippen molar-refractivity contribution in [2.45, 2.75) is 25.7 Å². The number of rotatable bonds is 2. The molecule has 0 bridgehead atoms. The fourth-order valence-corrected chi connectivity index (χ4v) is 2.91. The minimum atomic E-state index is -0.824. The highest BCUT2D eigenvalue weighted by Gasteiger charge is 2.41. The highest BCUT2D eigenvalue weighted by atomic mass is 127. The number of carbonyl (C=O) groups is 1. The van der Waals surface area contributed by atoms with Gasteiger partial charge in [-0.25, -0.2) is 0 Å². The Morgan fingerprint density at radius 2 is 2.11 bits per heavy atom. The molecular weight excluding hydrogens is 407 g/mol. The smallest absolute Gasteiger partial charge is 0.244 e. The first-order valence-corrected chi connectivity index (χ1v) is 7.62. The summed E-state index contributed by atoms with van der Waals surface area (Å²) in [5, 5.41) is 12.1. The maximum Gasteiger partial charge on any atom is 0.244 e. The lowest BCUT2D eigenvalue weighted by molar-refractivity contribution is -0.122. The molecule has 1 aliphatic carbocycles. The van der Waals surface area contributed by atoms with Crippen LogP contribution in [0.25, 0.3) is 0 Å². The quantitative estimate of drug-likeness (QED) is 0.735. The number of halogens is 2. The summed E-state index contributed by atoms with van der Waals surface area (Å²) in [4.78, 5) is 12.2. The van der Waals surface area contributed by atoms with Crippen LogP contribution in [0.1, 0.15) is 25.7 Å². The standard InChI is InChI=1S/C13H12BrIN2O/c14-10-7-9(3-4-11(10)15)17-12(18)13(8-16)5-1-2-6-13/h3-4,7H,1-2,5-6H2,(H,17,18). The largest absolute Gasteiger partial charge is 0.325 e. The highest BCUT2D eigenvalue weighted by Crippen LogP contribution is 2.38. The summed E-state index contributed by atoms with van der Waals surface area (Å²) in [6.45, 7) is 0. The van der Waals surface area contributed by atoms with Crippen molar-refractivity contribution in [1.29, 1.82) is 5.26 Å². The van der Waals surface area contributed by atoms with Crippen molar-refractivity contribution in [3.8, 4) is 6.07 Å². The van der Waals surface area contributed by atoms with Gasteiger partial charge in [0.25, 0.3) is 0 Å². The van der Waals surface area contributed by atoms with Crippen LogP contribution >= 0.6 is 38.5 Å². The summed E-state index contributed by atoms with van der Waals surface area (Å²) in [5.41, 5.74) is -0.0936. The molecule has 1 saturated carbocycles. The lowest BCUT2D eigenvalue weighted by Crippen LogP contribution is -2.32. The Morgan fingerprint density at radius 1 is 1.44 bits per heavy atom. The van der Waals surface area contributed by atoms with Gasteiger partial charge < -0.3 is 5.32 Å². The van der Waals surface area contributed by atoms with Gasteiger partial charge in [-0.2, -0.15) is 5.26 Å². The third-order valence-electron chi connectivity index (χ3n) is 3.28. The van der Waals surface area contributed by atoms with Gasteiger partial charge >= 0.3 is 0 Å². The minimum Gasteiger partial charge on any atom is -0.325 e. The van der Waals surface area contributed by atoms with E-state index < -0.39 is 5.41 Å². The third-order valence-corrected chi connectivity index (χ3v) is 5.62. The van der Waals surface area contributed by atoms with E-state index in [2.05, 4.69) is 49.9 Å². The Kier molecular flexibility index (Phi) is 4.28. The fourth-order valence-electron chi connectivity index (χ4n) is 2.19. The molecule has 3 nitrogen and oxygen atoms in total. The zero-order chi connectivity index (χ0) is 13.2. The molecule has 2 rings (SSSR count). The van der Waals surface area contributed by atoms with E-state index in [1.54, 1.807) is 0 Å². The van der Waals surface area contributed by atoms with Gasteiger partial charge in [0.15, 0.2) is 0 Å². The second kappa shape index (κ2) is 5.57. The number of hydrogen-bond acceptors (Lipinski definition) is 2. The van der Waals surface area contributed by atoms with Gasteiger partial charge in [-0.15, -0.1) is 0 Å². The van der Waals surface area contributed by atoms with Gasteiger partial charge in [0.2, 0.25) is 5.91 Å². The van der Waals surface area contributed by atoms with E-state index in [0.717, 1.165) is 26.6 Å². The molecule has 0 radical (unpaired) electrons. The van der Waals surface area contributed by atoms with Crippen LogP contribution in [-0.4, -0.2) is 5.91 Å². The van der Waals surface area contributed by atoms with Crippen LogP contribution < -0.4 is 5.32 Å². The number of hydrogen-bond donors (Lipinski definition) is 1. The normalized spacial score (nSPS) is 17.2. The van der Waals surface area contributed by atoms with E-state index >= 15 is 0 Å². The Hall–Kier alpha value is -0.610. The molecule has 1 aliphatic rings. The molecule has 1 aromatic rings. The van der Waals surface area contributed by atoms with Gasteiger partial charge in [-0.3, -0.25) is 4.79 Å². The van der Waals surface area contributed by atoms with Crippen molar-refractivity contribution in [2.75, 3.05) is 5.32 Å². The second-order valence-electron chi connectivity index (χ2n) is 4.48. The van der Waals surface area contributed by atoms with Crippen molar-refractivity contribution in [1.82, 2.24) is 0 Å². The number of nitrogens with one attached hydrogen (secondary N) is 1. The SMILES string of the molecule is N#CC1(C(=O)Nc2ccc(I)c(Br)c2)CCCC1. The molecule has 0 atom stereocenters. The number of anilines is 1. The van der Waals surface area contributed by atoms with Gasteiger partial charge in [-0.05, 0) is 69.6 Å². The Bertz CT molecular complexity index is 518. The number of nitriles is 1. The van der Waals surface area contributed by atoms with Crippen LogP contribution in [0.4, 0.5) is 5.69 Å². The average Bonchev–Trinajstić information content (AvgIpc) is 2.84. The first kappa shape index (κ1) is 13.8. The summed E-state index contributed by atoms with van der Waals surface area (Å²) < 4.78 is 2.03. The molecule has 94 valence electrons. The van der Waals surface area contributed by atoms with E-state index in [9.17, 15) is 10.1 Å². The molecule has 0 heterocycles. The van der Waals surface area contributed by atoms with Crippen LogP contribution in [0.15, 0.2) is 22.7 Å². The first-order valence-electron chi connectivity index (χ1n) is 5.75. The molecule has 1 fully saturated rings. The van der Waals surface area contributed by atoms with Crippen molar-refractivity contribution in [3.63, 3.8) is 0 Å². The van der Waals surface area contributed by atoms with E-state index in [4.69, 9.17) is 0 Å². The maximum atomic E-state index is 12.2. The van der Waals surface area contributed by atoms with Gasteiger partial charge in [0, 0.05) is 13.7 Å². The van der Waals surface area contributed by atoms with E-state index in [-0.39, 0.29) is 5.91 Å². The van der Waals surface area contributed by atoms with Crippen molar-refractivity contribution in [3.05, 3.63) is 26.2 Å². The Morgan fingerprint density at radius 3 is 2.67 bits per heavy atom.